The van der Waals surface area contributed by atoms with E-state index in [0.717, 1.165) is 0 Å². The van der Waals surface area contributed by atoms with Crippen molar-refractivity contribution in [2.45, 2.75) is 63.6 Å². The molecule has 2 aromatic heterocycles. The normalized spacial score (nSPS) is 21.7. The van der Waals surface area contributed by atoms with Gasteiger partial charge < -0.3 is 29.7 Å². The molecule has 0 radical (unpaired) electrons. The molecule has 1 saturated heterocycles. The molecule has 1 amide bonds. The van der Waals surface area contributed by atoms with E-state index in [1.807, 2.05) is 0 Å². The van der Waals surface area contributed by atoms with Crippen molar-refractivity contribution in [2.24, 2.45) is 0 Å². The smallest absolute Gasteiger partial charge is 0.407 e. The third kappa shape index (κ3) is 5.35. The zero-order valence-corrected chi connectivity index (χ0v) is 17.7. The first kappa shape index (κ1) is 22.2. The van der Waals surface area contributed by atoms with Crippen LogP contribution in [0.1, 0.15) is 45.3 Å². The number of aromatic nitrogens is 2. The van der Waals surface area contributed by atoms with Gasteiger partial charge in [0.2, 0.25) is 5.88 Å². The number of hydrogen-bond donors (Lipinski definition) is 3. The molecule has 0 aromatic carbocycles. The van der Waals surface area contributed by atoms with Crippen molar-refractivity contribution in [1.82, 2.24) is 15.3 Å². The van der Waals surface area contributed by atoms with Crippen LogP contribution in [0.4, 0.5) is 4.79 Å². The summed E-state index contributed by atoms with van der Waals surface area (Å²) in [5.74, 6) is 0.392. The molecule has 3 rings (SSSR count). The summed E-state index contributed by atoms with van der Waals surface area (Å²) in [4.78, 5) is 20.5. The number of aliphatic hydroxyl groups is 2. The van der Waals surface area contributed by atoms with E-state index in [4.69, 9.17) is 14.2 Å². The van der Waals surface area contributed by atoms with Crippen LogP contribution < -0.4 is 10.1 Å². The van der Waals surface area contributed by atoms with Gasteiger partial charge in [0.05, 0.1) is 36.9 Å². The van der Waals surface area contributed by atoms with E-state index in [1.165, 1.54) is 7.11 Å². The Labute approximate surface area is 175 Å². The van der Waals surface area contributed by atoms with Gasteiger partial charge in [-0.2, -0.15) is 0 Å². The number of alkyl carbamates (subject to hydrolysis) is 1. The van der Waals surface area contributed by atoms with E-state index in [1.54, 1.807) is 45.2 Å². The summed E-state index contributed by atoms with van der Waals surface area (Å²) in [6, 6.07) is 4.84. The fourth-order valence-electron chi connectivity index (χ4n) is 3.40. The highest BCUT2D eigenvalue weighted by Gasteiger charge is 2.34. The number of aliphatic hydroxyl groups excluding tert-OH is 2. The van der Waals surface area contributed by atoms with Crippen molar-refractivity contribution in [3.63, 3.8) is 0 Å². The first-order valence-electron chi connectivity index (χ1n) is 9.95. The number of fused-ring (bicyclic) bond motifs is 1. The van der Waals surface area contributed by atoms with Crippen LogP contribution in [-0.2, 0) is 9.47 Å². The van der Waals surface area contributed by atoms with Crippen LogP contribution >= 0.6 is 0 Å². The van der Waals surface area contributed by atoms with Gasteiger partial charge in [-0.25, -0.2) is 9.78 Å². The van der Waals surface area contributed by atoms with Crippen molar-refractivity contribution < 1.29 is 29.2 Å². The second-order valence-electron chi connectivity index (χ2n) is 8.35. The fraction of sp³-hybridized carbons (Fsp3) is 0.571. The quantitative estimate of drug-likeness (QED) is 0.673. The van der Waals surface area contributed by atoms with Gasteiger partial charge in [0.15, 0.2) is 0 Å². The summed E-state index contributed by atoms with van der Waals surface area (Å²) >= 11 is 0. The number of ether oxygens (including phenoxy) is 3. The number of carbonyl (C=O) groups excluding carboxylic acids is 1. The maximum Gasteiger partial charge on any atom is 0.407 e. The van der Waals surface area contributed by atoms with Crippen LogP contribution in [0.3, 0.4) is 0 Å². The van der Waals surface area contributed by atoms with Crippen molar-refractivity contribution in [3.8, 4) is 5.88 Å². The van der Waals surface area contributed by atoms with Crippen LogP contribution in [0.2, 0.25) is 0 Å². The number of nitrogens with one attached hydrogen (secondary N) is 1. The lowest BCUT2D eigenvalue weighted by Crippen LogP contribution is -2.47. The molecule has 9 heteroatoms. The third-order valence-corrected chi connectivity index (χ3v) is 4.85. The fourth-order valence-corrected chi connectivity index (χ4v) is 3.40. The lowest BCUT2D eigenvalue weighted by Gasteiger charge is -2.34. The molecule has 0 saturated carbocycles. The molecule has 3 N–H and O–H groups in total. The molecule has 9 nitrogen and oxygen atoms in total. The predicted molar refractivity (Wildman–Crippen MR) is 109 cm³/mol. The molecule has 1 aliphatic rings. The Morgan fingerprint density at radius 3 is 2.67 bits per heavy atom. The van der Waals surface area contributed by atoms with Gasteiger partial charge in [0.25, 0.3) is 0 Å². The Balaban J connectivity index is 1.63. The van der Waals surface area contributed by atoms with E-state index in [9.17, 15) is 15.0 Å². The maximum absolute atomic E-state index is 11.9. The second kappa shape index (κ2) is 9.11. The average molecular weight is 419 g/mol. The molecule has 0 bridgehead atoms. The molecule has 1 fully saturated rings. The number of methoxy groups -OCH3 is 1. The lowest BCUT2D eigenvalue weighted by molar-refractivity contribution is -0.113. The standard InChI is InChI=1S/C21H29N3O6/c1-21(2,3)30-20(27)23-12-5-7-15(29-11-12)19(26)18(25)13-9-10-22-14-6-8-16(28-4)24-17(13)14/h6,8-10,12,15,18-19,25-26H,5,7,11H2,1-4H3,(H,23,27). The lowest BCUT2D eigenvalue weighted by atomic mass is 9.94. The minimum absolute atomic E-state index is 0.215. The first-order valence-corrected chi connectivity index (χ1v) is 9.95. The summed E-state index contributed by atoms with van der Waals surface area (Å²) in [6.45, 7) is 5.61. The molecule has 1 aliphatic heterocycles. The molecular weight excluding hydrogens is 390 g/mol. The molecule has 2 aromatic rings. The summed E-state index contributed by atoms with van der Waals surface area (Å²) in [6.07, 6.45) is -0.829. The Bertz CT molecular complexity index is 877. The van der Waals surface area contributed by atoms with Gasteiger partial charge >= 0.3 is 6.09 Å². The van der Waals surface area contributed by atoms with Crippen molar-refractivity contribution >= 4 is 17.1 Å². The van der Waals surface area contributed by atoms with E-state index in [2.05, 4.69) is 15.3 Å². The van der Waals surface area contributed by atoms with Gasteiger partial charge in [-0.3, -0.25) is 4.98 Å². The Kier molecular flexibility index (Phi) is 6.74. The first-order chi connectivity index (χ1) is 14.2. The summed E-state index contributed by atoms with van der Waals surface area (Å²) in [5.41, 5.74) is 0.922. The summed E-state index contributed by atoms with van der Waals surface area (Å²) < 4.78 is 16.1. The number of carbonyl (C=O) groups is 1. The van der Waals surface area contributed by atoms with Gasteiger partial charge in [-0.15, -0.1) is 0 Å². The zero-order valence-electron chi connectivity index (χ0n) is 17.7. The SMILES string of the molecule is COc1ccc2nccc(C(O)C(O)C3CCC(NC(=O)OC(C)(C)C)CO3)c2n1. The van der Waals surface area contributed by atoms with E-state index in [-0.39, 0.29) is 12.6 Å². The van der Waals surface area contributed by atoms with Gasteiger partial charge in [-0.1, -0.05) is 0 Å². The molecule has 0 spiro atoms. The van der Waals surface area contributed by atoms with Gasteiger partial charge in [-0.05, 0) is 45.7 Å². The molecule has 30 heavy (non-hydrogen) atoms. The van der Waals surface area contributed by atoms with Gasteiger partial charge in [0.1, 0.15) is 17.8 Å². The highest BCUT2D eigenvalue weighted by Crippen LogP contribution is 2.29. The highest BCUT2D eigenvalue weighted by atomic mass is 16.6. The van der Waals surface area contributed by atoms with E-state index >= 15 is 0 Å². The van der Waals surface area contributed by atoms with Crippen molar-refractivity contribution in [1.29, 1.82) is 0 Å². The third-order valence-electron chi connectivity index (χ3n) is 4.85. The predicted octanol–water partition coefficient (Wildman–Crippen LogP) is 2.10. The monoisotopic (exact) mass is 419 g/mol. The van der Waals surface area contributed by atoms with Gasteiger partial charge in [0, 0.05) is 17.8 Å². The van der Waals surface area contributed by atoms with E-state index in [0.29, 0.717) is 35.3 Å². The Morgan fingerprint density at radius 1 is 1.27 bits per heavy atom. The minimum Gasteiger partial charge on any atom is -0.481 e. The van der Waals surface area contributed by atoms with Crippen molar-refractivity contribution in [2.75, 3.05) is 13.7 Å². The summed E-state index contributed by atoms with van der Waals surface area (Å²) in [7, 11) is 1.51. The Morgan fingerprint density at radius 2 is 2.03 bits per heavy atom. The molecule has 3 heterocycles. The van der Waals surface area contributed by atoms with Crippen LogP contribution in [0, 0.1) is 0 Å². The maximum atomic E-state index is 11.9. The van der Waals surface area contributed by atoms with E-state index < -0.39 is 30.0 Å². The topological polar surface area (TPSA) is 123 Å². The van der Waals surface area contributed by atoms with Crippen LogP contribution in [0.25, 0.3) is 11.0 Å². The number of amides is 1. The zero-order chi connectivity index (χ0) is 21.9. The number of rotatable bonds is 5. The number of pyridine rings is 2. The molecule has 4 unspecified atom stereocenters. The second-order valence-corrected chi connectivity index (χ2v) is 8.35. The number of nitrogens with zero attached hydrogens (tertiary/aromatic N) is 2. The van der Waals surface area contributed by atoms with Crippen LogP contribution in [0.5, 0.6) is 5.88 Å². The summed E-state index contributed by atoms with van der Waals surface area (Å²) in [5, 5.41) is 24.3. The molecule has 164 valence electrons. The largest absolute Gasteiger partial charge is 0.481 e. The number of hydrogen-bond acceptors (Lipinski definition) is 8. The van der Waals surface area contributed by atoms with Crippen molar-refractivity contribution in [3.05, 3.63) is 30.0 Å². The molecular formula is C21H29N3O6. The Hall–Kier alpha value is -2.49. The molecule has 4 atom stereocenters. The average Bonchev–Trinajstić information content (AvgIpc) is 2.71. The molecule has 0 aliphatic carbocycles. The van der Waals surface area contributed by atoms with Crippen LogP contribution in [0.15, 0.2) is 24.4 Å². The van der Waals surface area contributed by atoms with Crippen LogP contribution in [-0.4, -0.2) is 63.8 Å². The minimum atomic E-state index is -1.21. The highest BCUT2D eigenvalue weighted by molar-refractivity contribution is 5.78.